The third-order valence-electron chi connectivity index (χ3n) is 6.03. The number of rotatable bonds is 4. The largest absolute Gasteiger partial charge is 0.326 e. The summed E-state index contributed by atoms with van der Waals surface area (Å²) in [4.78, 5) is 24.7. The van der Waals surface area contributed by atoms with Gasteiger partial charge in [0, 0.05) is 23.2 Å². The molecule has 0 bridgehead atoms. The first kappa shape index (κ1) is 18.9. The van der Waals surface area contributed by atoms with Crippen LogP contribution in [0.25, 0.3) is 0 Å². The van der Waals surface area contributed by atoms with E-state index in [1.807, 2.05) is 25.1 Å². The van der Waals surface area contributed by atoms with Crippen LogP contribution in [0.15, 0.2) is 18.2 Å². The Hall–Kier alpha value is -1.84. The molecule has 2 aliphatic carbocycles. The van der Waals surface area contributed by atoms with Crippen LogP contribution in [0.4, 0.5) is 11.4 Å². The molecule has 2 N–H and O–H groups in total. The van der Waals surface area contributed by atoms with E-state index in [-0.39, 0.29) is 23.7 Å². The fourth-order valence-electron chi connectivity index (χ4n) is 3.88. The molecule has 0 radical (unpaired) electrons. The number of nitrogens with one attached hydrogen (secondary N) is 2. The second-order valence-corrected chi connectivity index (χ2v) is 9.20. The lowest BCUT2D eigenvalue weighted by Gasteiger charge is -2.36. The van der Waals surface area contributed by atoms with Gasteiger partial charge in [0.2, 0.25) is 11.8 Å². The average Bonchev–Trinajstić information content (AvgIpc) is 3.42. The molecule has 0 saturated heterocycles. The average molecular weight is 357 g/mol. The molecule has 26 heavy (non-hydrogen) atoms. The summed E-state index contributed by atoms with van der Waals surface area (Å²) in [6.07, 6.45) is 6.14. The van der Waals surface area contributed by atoms with Crippen molar-refractivity contribution in [2.75, 3.05) is 10.6 Å². The zero-order valence-electron chi connectivity index (χ0n) is 16.5. The molecule has 0 unspecified atom stereocenters. The standard InChI is InChI=1S/C22H32N2O2/c1-14-5-12-18(23-20(25)15-6-7-15)13-19(14)24-21(26)16-8-10-17(11-9-16)22(2,3)4/h5,12-13,15-17H,6-11H2,1-4H3,(H,23,25)(H,24,26). The lowest BCUT2D eigenvalue weighted by Crippen LogP contribution is -2.31. The number of aryl methyl sites for hydroxylation is 1. The van der Waals surface area contributed by atoms with Gasteiger partial charge < -0.3 is 10.6 Å². The maximum absolute atomic E-state index is 12.7. The van der Waals surface area contributed by atoms with Gasteiger partial charge in [-0.2, -0.15) is 0 Å². The Labute approximate surface area is 157 Å². The van der Waals surface area contributed by atoms with Gasteiger partial charge in [-0.3, -0.25) is 9.59 Å². The first-order chi connectivity index (χ1) is 12.2. The molecular weight excluding hydrogens is 324 g/mol. The highest BCUT2D eigenvalue weighted by molar-refractivity contribution is 5.97. The lowest BCUT2D eigenvalue weighted by atomic mass is 9.69. The van der Waals surface area contributed by atoms with E-state index in [9.17, 15) is 9.59 Å². The van der Waals surface area contributed by atoms with Crippen molar-refractivity contribution in [1.82, 2.24) is 0 Å². The molecule has 2 saturated carbocycles. The smallest absolute Gasteiger partial charge is 0.227 e. The Kier molecular flexibility index (Phi) is 5.40. The molecule has 2 fully saturated rings. The van der Waals surface area contributed by atoms with Gasteiger partial charge in [-0.1, -0.05) is 26.8 Å². The molecule has 0 spiro atoms. The predicted molar refractivity (Wildman–Crippen MR) is 106 cm³/mol. The van der Waals surface area contributed by atoms with Crippen LogP contribution in [0.5, 0.6) is 0 Å². The maximum atomic E-state index is 12.7. The van der Waals surface area contributed by atoms with Gasteiger partial charge in [-0.15, -0.1) is 0 Å². The van der Waals surface area contributed by atoms with Crippen LogP contribution < -0.4 is 10.6 Å². The quantitative estimate of drug-likeness (QED) is 0.785. The summed E-state index contributed by atoms with van der Waals surface area (Å²) < 4.78 is 0. The van der Waals surface area contributed by atoms with E-state index in [0.717, 1.165) is 55.5 Å². The predicted octanol–water partition coefficient (Wildman–Crippen LogP) is 5.13. The molecule has 0 atom stereocenters. The first-order valence-corrected chi connectivity index (χ1v) is 9.96. The topological polar surface area (TPSA) is 58.2 Å². The second-order valence-electron chi connectivity index (χ2n) is 9.20. The summed E-state index contributed by atoms with van der Waals surface area (Å²) in [6.45, 7) is 8.87. The molecule has 0 aromatic heterocycles. The van der Waals surface area contributed by atoms with Gasteiger partial charge in [0.15, 0.2) is 0 Å². The van der Waals surface area contributed by atoms with E-state index in [1.54, 1.807) is 0 Å². The Morgan fingerprint density at radius 2 is 1.42 bits per heavy atom. The van der Waals surface area contributed by atoms with E-state index in [0.29, 0.717) is 11.3 Å². The lowest BCUT2D eigenvalue weighted by molar-refractivity contribution is -0.121. The second kappa shape index (κ2) is 7.42. The molecule has 1 aromatic carbocycles. The Balaban J connectivity index is 1.59. The summed E-state index contributed by atoms with van der Waals surface area (Å²) in [5, 5.41) is 6.06. The number of carbonyl (C=O) groups excluding carboxylic acids is 2. The molecule has 4 heteroatoms. The summed E-state index contributed by atoms with van der Waals surface area (Å²) in [7, 11) is 0. The zero-order valence-corrected chi connectivity index (χ0v) is 16.5. The Morgan fingerprint density at radius 3 is 1.96 bits per heavy atom. The van der Waals surface area contributed by atoms with E-state index < -0.39 is 0 Å². The van der Waals surface area contributed by atoms with Crippen molar-refractivity contribution in [2.24, 2.45) is 23.2 Å². The fourth-order valence-corrected chi connectivity index (χ4v) is 3.88. The van der Waals surface area contributed by atoms with E-state index >= 15 is 0 Å². The van der Waals surface area contributed by atoms with Gasteiger partial charge in [0.05, 0.1) is 0 Å². The zero-order chi connectivity index (χ0) is 18.9. The summed E-state index contributed by atoms with van der Waals surface area (Å²) in [6, 6.07) is 5.74. The number of anilines is 2. The highest BCUT2D eigenvalue weighted by Crippen LogP contribution is 2.40. The number of hydrogen-bond donors (Lipinski definition) is 2. The van der Waals surface area contributed by atoms with E-state index in [4.69, 9.17) is 0 Å². The van der Waals surface area contributed by atoms with Crippen LogP contribution in [-0.2, 0) is 9.59 Å². The SMILES string of the molecule is Cc1ccc(NC(=O)C2CC2)cc1NC(=O)C1CCC(C(C)(C)C)CC1. The molecule has 3 rings (SSSR count). The Morgan fingerprint density at radius 1 is 0.885 bits per heavy atom. The van der Waals surface area contributed by atoms with Gasteiger partial charge in [0.1, 0.15) is 0 Å². The van der Waals surface area contributed by atoms with Crippen molar-refractivity contribution in [2.45, 2.75) is 66.2 Å². The molecule has 0 aliphatic heterocycles. The minimum atomic E-state index is 0.0895. The van der Waals surface area contributed by atoms with E-state index in [1.165, 1.54) is 0 Å². The number of hydrogen-bond acceptors (Lipinski definition) is 2. The van der Waals surface area contributed by atoms with Gasteiger partial charge in [-0.25, -0.2) is 0 Å². The van der Waals surface area contributed by atoms with Crippen LogP contribution in [-0.4, -0.2) is 11.8 Å². The van der Waals surface area contributed by atoms with Crippen LogP contribution in [0.2, 0.25) is 0 Å². The van der Waals surface area contributed by atoms with Crippen molar-refractivity contribution in [3.63, 3.8) is 0 Å². The molecule has 2 amide bonds. The van der Waals surface area contributed by atoms with Crippen LogP contribution in [0.1, 0.15) is 64.9 Å². The maximum Gasteiger partial charge on any atom is 0.227 e. The Bertz CT molecular complexity index is 678. The summed E-state index contributed by atoms with van der Waals surface area (Å²) >= 11 is 0. The fraction of sp³-hybridized carbons (Fsp3) is 0.636. The van der Waals surface area contributed by atoms with Gasteiger partial charge in [0.25, 0.3) is 0 Å². The summed E-state index contributed by atoms with van der Waals surface area (Å²) in [5.41, 5.74) is 2.92. The normalized spacial score (nSPS) is 23.4. The van der Waals surface area contributed by atoms with Crippen LogP contribution in [0, 0.1) is 30.1 Å². The first-order valence-electron chi connectivity index (χ1n) is 9.96. The number of carbonyl (C=O) groups is 2. The third-order valence-corrected chi connectivity index (χ3v) is 6.03. The van der Waals surface area contributed by atoms with Crippen molar-refractivity contribution in [3.8, 4) is 0 Å². The molecule has 2 aliphatic rings. The molecular formula is C22H32N2O2. The highest BCUT2D eigenvalue weighted by Gasteiger charge is 2.32. The van der Waals surface area contributed by atoms with E-state index in [2.05, 4.69) is 31.4 Å². The van der Waals surface area contributed by atoms with Crippen molar-refractivity contribution >= 4 is 23.2 Å². The molecule has 4 nitrogen and oxygen atoms in total. The number of amides is 2. The minimum Gasteiger partial charge on any atom is -0.326 e. The van der Waals surface area contributed by atoms with Crippen LogP contribution in [0.3, 0.4) is 0 Å². The van der Waals surface area contributed by atoms with Crippen molar-refractivity contribution in [3.05, 3.63) is 23.8 Å². The van der Waals surface area contributed by atoms with Crippen molar-refractivity contribution in [1.29, 1.82) is 0 Å². The van der Waals surface area contributed by atoms with Gasteiger partial charge in [-0.05, 0) is 74.5 Å². The minimum absolute atomic E-state index is 0.0895. The molecule has 0 heterocycles. The van der Waals surface area contributed by atoms with Gasteiger partial charge >= 0.3 is 0 Å². The molecule has 142 valence electrons. The highest BCUT2D eigenvalue weighted by atomic mass is 16.2. The summed E-state index contributed by atoms with van der Waals surface area (Å²) in [5.74, 6) is 1.18. The van der Waals surface area contributed by atoms with Crippen molar-refractivity contribution < 1.29 is 9.59 Å². The monoisotopic (exact) mass is 356 g/mol. The molecule has 1 aromatic rings. The van der Waals surface area contributed by atoms with Crippen LogP contribution >= 0.6 is 0 Å². The third kappa shape index (κ3) is 4.66. The number of benzene rings is 1.